The predicted octanol–water partition coefficient (Wildman–Crippen LogP) is 4.51. The van der Waals surface area contributed by atoms with Gasteiger partial charge in [0, 0.05) is 30.9 Å². The first-order valence-electron chi connectivity index (χ1n) is 15.2. The Morgan fingerprint density at radius 2 is 1.85 bits per heavy atom. The van der Waals surface area contributed by atoms with Gasteiger partial charge < -0.3 is 19.8 Å². The summed E-state index contributed by atoms with van der Waals surface area (Å²) in [7, 11) is 0. The summed E-state index contributed by atoms with van der Waals surface area (Å²) in [4.78, 5) is 48.9. The first kappa shape index (κ1) is 31.4. The Kier molecular flexibility index (Phi) is 10.1. The second kappa shape index (κ2) is 13.2. The van der Waals surface area contributed by atoms with E-state index in [0.717, 1.165) is 24.8 Å². The lowest BCUT2D eigenvalue weighted by molar-refractivity contribution is -0.147. The van der Waals surface area contributed by atoms with E-state index in [1.165, 1.54) is 0 Å². The van der Waals surface area contributed by atoms with Gasteiger partial charge in [-0.05, 0) is 37.7 Å². The Morgan fingerprint density at radius 3 is 2.44 bits per heavy atom. The van der Waals surface area contributed by atoms with E-state index in [1.807, 2.05) is 42.2 Å². The number of hydrogen-bond donors (Lipinski definition) is 1. The Balaban J connectivity index is 1.78. The molecule has 1 N–H and O–H groups in total. The number of aliphatic hydroxyl groups excluding tert-OH is 1. The minimum absolute atomic E-state index is 0.0163. The van der Waals surface area contributed by atoms with Crippen LogP contribution in [0.25, 0.3) is 0 Å². The number of fused-ring (bicyclic) bond motifs is 1. The molecule has 3 amide bonds. The summed E-state index contributed by atoms with van der Waals surface area (Å²) in [5, 5.41) is 10.4. The van der Waals surface area contributed by atoms with Gasteiger partial charge in [0.15, 0.2) is 0 Å². The summed E-state index contributed by atoms with van der Waals surface area (Å²) in [6.45, 7) is 17.0. The minimum Gasteiger partial charge on any atom is -0.394 e. The van der Waals surface area contributed by atoms with Crippen LogP contribution in [0.3, 0.4) is 0 Å². The number of likely N-dealkylation sites (tertiary alicyclic amines) is 1. The number of hydrogen-bond acceptors (Lipinski definition) is 5. The average molecular weight is 582 g/mol. The first-order chi connectivity index (χ1) is 19.7. The maximum Gasteiger partial charge on any atom is 0.247 e. The molecule has 41 heavy (non-hydrogen) atoms. The molecule has 1 aromatic rings. The van der Waals surface area contributed by atoms with Crippen LogP contribution in [0.1, 0.15) is 58.9 Å². The van der Waals surface area contributed by atoms with Crippen LogP contribution in [0.15, 0.2) is 55.6 Å². The first-order valence-corrected chi connectivity index (χ1v) is 16.0. The van der Waals surface area contributed by atoms with E-state index >= 15 is 0 Å². The maximum absolute atomic E-state index is 14.6. The van der Waals surface area contributed by atoms with Crippen LogP contribution in [-0.2, 0) is 20.9 Å². The van der Waals surface area contributed by atoms with Crippen molar-refractivity contribution in [1.82, 2.24) is 14.7 Å². The fourth-order valence-electron chi connectivity index (χ4n) is 7.59. The van der Waals surface area contributed by atoms with Crippen molar-refractivity contribution >= 4 is 29.5 Å². The van der Waals surface area contributed by atoms with Crippen molar-refractivity contribution in [2.45, 2.75) is 88.0 Å². The summed E-state index contributed by atoms with van der Waals surface area (Å²) in [6.07, 6.45) is 6.55. The molecule has 1 spiro atoms. The highest BCUT2D eigenvalue weighted by Gasteiger charge is 2.77. The summed E-state index contributed by atoms with van der Waals surface area (Å²) in [5.74, 6) is -1.37. The van der Waals surface area contributed by atoms with Crippen molar-refractivity contribution < 1.29 is 19.5 Å². The van der Waals surface area contributed by atoms with Gasteiger partial charge in [-0.15, -0.1) is 24.9 Å². The minimum atomic E-state index is -0.735. The van der Waals surface area contributed by atoms with Gasteiger partial charge in [-0.1, -0.05) is 69.7 Å². The molecule has 4 rings (SSSR count). The van der Waals surface area contributed by atoms with Crippen molar-refractivity contribution in [1.29, 1.82) is 0 Å². The molecule has 2 bridgehead atoms. The van der Waals surface area contributed by atoms with Crippen LogP contribution in [0.4, 0.5) is 0 Å². The van der Waals surface area contributed by atoms with Crippen LogP contribution < -0.4 is 0 Å². The van der Waals surface area contributed by atoms with E-state index in [9.17, 15) is 19.5 Å². The van der Waals surface area contributed by atoms with Crippen LogP contribution in [-0.4, -0.2) is 85.3 Å². The normalized spacial score (nSPS) is 29.6. The molecule has 0 aliphatic carbocycles. The van der Waals surface area contributed by atoms with Gasteiger partial charge in [-0.3, -0.25) is 14.4 Å². The van der Waals surface area contributed by atoms with Gasteiger partial charge in [0.2, 0.25) is 17.7 Å². The van der Waals surface area contributed by atoms with Gasteiger partial charge >= 0.3 is 0 Å². The number of carbonyl (C=O) groups is 3. The molecule has 4 unspecified atom stereocenters. The van der Waals surface area contributed by atoms with Gasteiger partial charge in [-0.25, -0.2) is 0 Å². The van der Waals surface area contributed by atoms with E-state index < -0.39 is 28.7 Å². The van der Waals surface area contributed by atoms with Gasteiger partial charge in [0.05, 0.1) is 29.2 Å². The lowest BCUT2D eigenvalue weighted by Gasteiger charge is -2.43. The molecule has 0 radical (unpaired) electrons. The van der Waals surface area contributed by atoms with Crippen molar-refractivity contribution in [2.24, 2.45) is 17.8 Å². The van der Waals surface area contributed by atoms with Crippen molar-refractivity contribution in [2.75, 3.05) is 19.7 Å². The highest BCUT2D eigenvalue weighted by atomic mass is 32.2. The lowest BCUT2D eigenvalue weighted by Crippen LogP contribution is -2.60. The number of rotatable bonds is 14. The van der Waals surface area contributed by atoms with E-state index in [0.29, 0.717) is 26.1 Å². The molecular weight excluding hydrogens is 534 g/mol. The molecule has 3 saturated heterocycles. The fourth-order valence-corrected chi connectivity index (χ4v) is 9.98. The highest BCUT2D eigenvalue weighted by molar-refractivity contribution is 8.02. The number of benzene rings is 1. The zero-order valence-corrected chi connectivity index (χ0v) is 25.9. The Morgan fingerprint density at radius 1 is 1.17 bits per heavy atom. The number of nitrogens with zero attached hydrogens (tertiary/aromatic N) is 3. The molecule has 0 aromatic heterocycles. The fraction of sp³-hybridized carbons (Fsp3) is 0.606. The lowest BCUT2D eigenvalue weighted by atomic mass is 9.65. The molecule has 8 atom stereocenters. The van der Waals surface area contributed by atoms with E-state index in [2.05, 4.69) is 33.9 Å². The molecule has 3 aliphatic rings. The summed E-state index contributed by atoms with van der Waals surface area (Å²) in [6, 6.07) is 8.62. The number of thioether (sulfide) groups is 1. The molecule has 0 saturated carbocycles. The Hall–Kier alpha value is -2.58. The molecule has 3 aliphatic heterocycles. The monoisotopic (exact) mass is 581 g/mol. The number of amides is 3. The number of aliphatic hydroxyl groups is 1. The van der Waals surface area contributed by atoms with Crippen molar-refractivity contribution in [3.8, 4) is 0 Å². The molecule has 224 valence electrons. The largest absolute Gasteiger partial charge is 0.394 e. The third-order valence-electron chi connectivity index (χ3n) is 9.50. The maximum atomic E-state index is 14.6. The third kappa shape index (κ3) is 5.38. The second-order valence-electron chi connectivity index (χ2n) is 12.0. The SMILES string of the molecule is C=CCN(Cc1ccccc1)C(=O)[C@@H]1[C@H]2C(=O)N([C@@H](CC)CO)C(C(=O)N(CC=C)C(C)CCC)C23S[C@@H]1CC3C. The molecule has 8 heteroatoms. The van der Waals surface area contributed by atoms with Gasteiger partial charge in [0.25, 0.3) is 0 Å². The Bertz CT molecular complexity index is 1120. The quantitative estimate of drug-likeness (QED) is 0.327. The zero-order chi connectivity index (χ0) is 29.9. The smallest absolute Gasteiger partial charge is 0.247 e. The summed E-state index contributed by atoms with van der Waals surface area (Å²) < 4.78 is -0.723. The third-order valence-corrected chi connectivity index (χ3v) is 11.6. The van der Waals surface area contributed by atoms with Crippen molar-refractivity contribution in [3.05, 3.63) is 61.2 Å². The second-order valence-corrected chi connectivity index (χ2v) is 13.5. The summed E-state index contributed by atoms with van der Waals surface area (Å²) in [5.41, 5.74) is 1.02. The topological polar surface area (TPSA) is 81.2 Å². The van der Waals surface area contributed by atoms with E-state index in [4.69, 9.17) is 0 Å². The van der Waals surface area contributed by atoms with Gasteiger partial charge in [0.1, 0.15) is 6.04 Å². The van der Waals surface area contributed by atoms with Crippen LogP contribution >= 0.6 is 11.8 Å². The molecule has 3 heterocycles. The highest BCUT2D eigenvalue weighted by Crippen LogP contribution is 2.69. The van der Waals surface area contributed by atoms with E-state index in [1.54, 1.807) is 33.7 Å². The molecular formula is C33H47N3O4S. The van der Waals surface area contributed by atoms with Crippen LogP contribution in [0, 0.1) is 17.8 Å². The van der Waals surface area contributed by atoms with E-state index in [-0.39, 0.29) is 41.5 Å². The number of carbonyl (C=O) groups excluding carboxylic acids is 3. The van der Waals surface area contributed by atoms with Crippen molar-refractivity contribution in [3.63, 3.8) is 0 Å². The predicted molar refractivity (Wildman–Crippen MR) is 165 cm³/mol. The average Bonchev–Trinajstić information content (AvgIpc) is 3.56. The molecule has 1 aromatic carbocycles. The molecule has 3 fully saturated rings. The standard InChI is InChI=1S/C33H47N3O4S/c1-7-14-23(6)35(18-9-3)32(40)29-33-22(5)19-26(41-33)27(28(33)31(39)36(29)25(10-4)21-37)30(38)34(17-8-2)20-24-15-12-11-13-16-24/h8-9,11-13,15-16,22-23,25-29,37H,2-3,7,10,14,17-21H2,1,4-6H3/t22?,23?,25-,26+,27-,28-,29?,33?/m0/s1. The zero-order valence-electron chi connectivity index (χ0n) is 25.1. The Labute approximate surface area is 250 Å². The van der Waals surface area contributed by atoms with Gasteiger partial charge in [-0.2, -0.15) is 0 Å². The van der Waals surface area contributed by atoms with Crippen LogP contribution in [0.5, 0.6) is 0 Å². The summed E-state index contributed by atoms with van der Waals surface area (Å²) >= 11 is 1.69. The van der Waals surface area contributed by atoms with Crippen LogP contribution in [0.2, 0.25) is 0 Å². The molecule has 7 nitrogen and oxygen atoms in total.